The molecule has 0 aromatic carbocycles. The van der Waals surface area contributed by atoms with Gasteiger partial charge in [0.1, 0.15) is 0 Å². The number of anilines is 1. The summed E-state index contributed by atoms with van der Waals surface area (Å²) in [6, 6.07) is 0.390. The van der Waals surface area contributed by atoms with E-state index in [1.165, 1.54) is 11.1 Å². The van der Waals surface area contributed by atoms with E-state index >= 15 is 0 Å². The summed E-state index contributed by atoms with van der Waals surface area (Å²) < 4.78 is 3.97. The Labute approximate surface area is 126 Å². The van der Waals surface area contributed by atoms with Gasteiger partial charge in [-0.1, -0.05) is 6.92 Å². The quantitative estimate of drug-likeness (QED) is 0.889. The monoisotopic (exact) mass is 297 g/mol. The standard InChI is InChI=1S/C14H23N5.ClH/c1-5-6-18-10-13(8-16-18)7-15-14-12(4)9-19(17-14)11(2)3;/h8-11H,5-7H2,1-4H3,(H,15,17);1H. The highest BCUT2D eigenvalue weighted by Gasteiger charge is 2.07. The van der Waals surface area contributed by atoms with Gasteiger partial charge in [-0.15, -0.1) is 12.4 Å². The van der Waals surface area contributed by atoms with Crippen molar-refractivity contribution in [2.24, 2.45) is 0 Å². The third-order valence-electron chi connectivity index (χ3n) is 3.04. The summed E-state index contributed by atoms with van der Waals surface area (Å²) in [6.07, 6.45) is 7.18. The first-order chi connectivity index (χ1) is 9.10. The second kappa shape index (κ2) is 7.33. The summed E-state index contributed by atoms with van der Waals surface area (Å²) in [7, 11) is 0. The van der Waals surface area contributed by atoms with E-state index in [9.17, 15) is 0 Å². The smallest absolute Gasteiger partial charge is 0.151 e. The number of hydrogen-bond donors (Lipinski definition) is 1. The minimum absolute atomic E-state index is 0. The molecule has 0 aliphatic rings. The van der Waals surface area contributed by atoms with Gasteiger partial charge in [-0.2, -0.15) is 10.2 Å². The van der Waals surface area contributed by atoms with Crippen molar-refractivity contribution in [3.8, 4) is 0 Å². The lowest BCUT2D eigenvalue weighted by Gasteiger charge is -2.04. The molecule has 5 nitrogen and oxygen atoms in total. The SMILES string of the molecule is CCCn1cc(CNc2nn(C(C)C)cc2C)cn1.Cl. The first-order valence-corrected chi connectivity index (χ1v) is 6.91. The molecule has 2 rings (SSSR count). The van der Waals surface area contributed by atoms with E-state index in [1.54, 1.807) is 0 Å². The van der Waals surface area contributed by atoms with Crippen LogP contribution in [-0.2, 0) is 13.1 Å². The molecule has 0 radical (unpaired) electrons. The third-order valence-corrected chi connectivity index (χ3v) is 3.04. The fourth-order valence-corrected chi connectivity index (χ4v) is 1.96. The molecule has 0 unspecified atom stereocenters. The van der Waals surface area contributed by atoms with Crippen LogP contribution in [0.1, 0.15) is 44.4 Å². The first kappa shape index (κ1) is 16.6. The molecule has 0 spiro atoms. The predicted molar refractivity (Wildman–Crippen MR) is 84.4 cm³/mol. The van der Waals surface area contributed by atoms with Crippen molar-refractivity contribution >= 4 is 18.2 Å². The van der Waals surface area contributed by atoms with Crippen LogP contribution in [0.3, 0.4) is 0 Å². The number of rotatable bonds is 6. The van der Waals surface area contributed by atoms with E-state index in [4.69, 9.17) is 0 Å². The van der Waals surface area contributed by atoms with Gasteiger partial charge in [0.2, 0.25) is 0 Å². The van der Waals surface area contributed by atoms with Crippen LogP contribution in [0.5, 0.6) is 0 Å². The normalized spacial score (nSPS) is 10.7. The fourth-order valence-electron chi connectivity index (χ4n) is 1.96. The third kappa shape index (κ3) is 4.00. The zero-order valence-electron chi connectivity index (χ0n) is 12.6. The second-order valence-corrected chi connectivity index (χ2v) is 5.20. The van der Waals surface area contributed by atoms with Crippen molar-refractivity contribution in [2.45, 2.75) is 53.2 Å². The van der Waals surface area contributed by atoms with Gasteiger partial charge in [0.05, 0.1) is 6.20 Å². The van der Waals surface area contributed by atoms with Gasteiger partial charge in [0, 0.05) is 42.7 Å². The van der Waals surface area contributed by atoms with Gasteiger partial charge in [0.25, 0.3) is 0 Å². The Balaban J connectivity index is 0.00000200. The first-order valence-electron chi connectivity index (χ1n) is 6.91. The zero-order chi connectivity index (χ0) is 13.8. The molecule has 0 bridgehead atoms. The Morgan fingerprint density at radius 2 is 2.05 bits per heavy atom. The number of nitrogens with zero attached hydrogens (tertiary/aromatic N) is 4. The van der Waals surface area contributed by atoms with Crippen molar-refractivity contribution in [2.75, 3.05) is 5.32 Å². The van der Waals surface area contributed by atoms with Gasteiger partial charge in [-0.05, 0) is 27.2 Å². The predicted octanol–water partition coefficient (Wildman–Crippen LogP) is 3.41. The number of hydrogen-bond acceptors (Lipinski definition) is 3. The van der Waals surface area contributed by atoms with Gasteiger partial charge >= 0.3 is 0 Å². The minimum atomic E-state index is 0. The van der Waals surface area contributed by atoms with Gasteiger partial charge < -0.3 is 5.32 Å². The molecule has 112 valence electrons. The van der Waals surface area contributed by atoms with Crippen LogP contribution in [0, 0.1) is 6.92 Å². The fraction of sp³-hybridized carbons (Fsp3) is 0.571. The van der Waals surface area contributed by atoms with Crippen LogP contribution in [0.25, 0.3) is 0 Å². The molecule has 20 heavy (non-hydrogen) atoms. The topological polar surface area (TPSA) is 47.7 Å². The minimum Gasteiger partial charge on any atom is -0.364 e. The average Bonchev–Trinajstić information content (AvgIpc) is 2.94. The number of halogens is 1. The van der Waals surface area contributed by atoms with Crippen LogP contribution >= 0.6 is 12.4 Å². The molecule has 0 atom stereocenters. The molecule has 0 amide bonds. The highest BCUT2D eigenvalue weighted by atomic mass is 35.5. The van der Waals surface area contributed by atoms with E-state index < -0.39 is 0 Å². The molecular weight excluding hydrogens is 274 g/mol. The van der Waals surface area contributed by atoms with Gasteiger partial charge in [0.15, 0.2) is 5.82 Å². The summed E-state index contributed by atoms with van der Waals surface area (Å²) in [5.41, 5.74) is 2.36. The van der Waals surface area contributed by atoms with Gasteiger partial charge in [-0.3, -0.25) is 9.36 Å². The lowest BCUT2D eigenvalue weighted by molar-refractivity contribution is 0.533. The van der Waals surface area contributed by atoms with Crippen molar-refractivity contribution < 1.29 is 0 Å². The number of aryl methyl sites for hydroxylation is 2. The molecule has 2 aromatic heterocycles. The van der Waals surface area contributed by atoms with Crippen molar-refractivity contribution in [3.63, 3.8) is 0 Å². The largest absolute Gasteiger partial charge is 0.364 e. The molecule has 0 saturated carbocycles. The number of nitrogens with one attached hydrogen (secondary N) is 1. The van der Waals surface area contributed by atoms with Crippen LogP contribution in [0.15, 0.2) is 18.6 Å². The van der Waals surface area contributed by atoms with Crippen LogP contribution in [-0.4, -0.2) is 19.6 Å². The van der Waals surface area contributed by atoms with Crippen molar-refractivity contribution in [1.82, 2.24) is 19.6 Å². The summed E-state index contributed by atoms with van der Waals surface area (Å²) in [5.74, 6) is 0.956. The van der Waals surface area contributed by atoms with E-state index in [2.05, 4.69) is 55.6 Å². The Kier molecular flexibility index (Phi) is 6.07. The Hall–Kier alpha value is -1.49. The zero-order valence-corrected chi connectivity index (χ0v) is 13.4. The lowest BCUT2D eigenvalue weighted by Crippen LogP contribution is -2.04. The lowest BCUT2D eigenvalue weighted by atomic mass is 10.3. The van der Waals surface area contributed by atoms with Crippen LogP contribution < -0.4 is 5.32 Å². The maximum absolute atomic E-state index is 4.55. The highest BCUT2D eigenvalue weighted by Crippen LogP contribution is 2.15. The van der Waals surface area contributed by atoms with E-state index in [0.717, 1.165) is 25.3 Å². The molecule has 0 aliphatic carbocycles. The van der Waals surface area contributed by atoms with Crippen molar-refractivity contribution in [1.29, 1.82) is 0 Å². The van der Waals surface area contributed by atoms with Crippen LogP contribution in [0.4, 0.5) is 5.82 Å². The van der Waals surface area contributed by atoms with E-state index in [-0.39, 0.29) is 12.4 Å². The molecule has 2 heterocycles. The average molecular weight is 298 g/mol. The maximum atomic E-state index is 4.55. The summed E-state index contributed by atoms with van der Waals surface area (Å²) in [4.78, 5) is 0. The summed E-state index contributed by atoms with van der Waals surface area (Å²) >= 11 is 0. The maximum Gasteiger partial charge on any atom is 0.151 e. The molecule has 2 aromatic rings. The number of aromatic nitrogens is 4. The van der Waals surface area contributed by atoms with Crippen molar-refractivity contribution in [3.05, 3.63) is 29.7 Å². The van der Waals surface area contributed by atoms with Gasteiger partial charge in [-0.25, -0.2) is 0 Å². The Morgan fingerprint density at radius 3 is 2.65 bits per heavy atom. The molecule has 0 fully saturated rings. The molecule has 1 N–H and O–H groups in total. The highest BCUT2D eigenvalue weighted by molar-refractivity contribution is 5.85. The molecule has 0 aliphatic heterocycles. The molecule has 6 heteroatoms. The molecule has 0 saturated heterocycles. The Morgan fingerprint density at radius 1 is 1.30 bits per heavy atom. The Bertz CT molecular complexity index is 529. The van der Waals surface area contributed by atoms with Crippen LogP contribution in [0.2, 0.25) is 0 Å². The summed E-state index contributed by atoms with van der Waals surface area (Å²) in [5, 5.41) is 12.2. The second-order valence-electron chi connectivity index (χ2n) is 5.20. The summed E-state index contributed by atoms with van der Waals surface area (Å²) in [6.45, 7) is 10.2. The van der Waals surface area contributed by atoms with E-state index in [0.29, 0.717) is 6.04 Å². The van der Waals surface area contributed by atoms with E-state index in [1.807, 2.05) is 15.6 Å². The molecular formula is C14H24ClN5.